The summed E-state index contributed by atoms with van der Waals surface area (Å²) in [6, 6.07) is 17.9. The molecule has 0 N–H and O–H groups in total. The Morgan fingerprint density at radius 3 is 2.32 bits per heavy atom. The van der Waals surface area contributed by atoms with E-state index in [2.05, 4.69) is 127 Å². The van der Waals surface area contributed by atoms with Crippen LogP contribution in [-0.2, 0) is 0 Å². The summed E-state index contributed by atoms with van der Waals surface area (Å²) < 4.78 is 2.80. The van der Waals surface area contributed by atoms with E-state index in [1.165, 1.54) is 79.7 Å². The van der Waals surface area contributed by atoms with Crippen molar-refractivity contribution in [2.24, 2.45) is 29.6 Å². The first kappa shape index (κ1) is 28.2. The molecular weight excluding hydrogens is 530 g/mol. The van der Waals surface area contributed by atoms with Gasteiger partial charge in [-0.2, -0.15) is 0 Å². The molecule has 4 aliphatic rings. The number of nitrogens with zero attached hydrogens (tertiary/aromatic N) is 1. The molecule has 1 fully saturated rings. The summed E-state index contributed by atoms with van der Waals surface area (Å²) in [5.41, 5.74) is 13.5. The second-order valence-corrected chi connectivity index (χ2v) is 15.7. The molecule has 1 heteroatoms. The number of hydrogen-bond donors (Lipinski definition) is 0. The lowest BCUT2D eigenvalue weighted by Crippen LogP contribution is -2.29. The summed E-state index contributed by atoms with van der Waals surface area (Å²) in [6.07, 6.45) is 13.9. The summed E-state index contributed by atoms with van der Waals surface area (Å²) in [5, 5.41) is 5.65. The first-order valence-electron chi connectivity index (χ1n) is 17.4. The molecule has 3 aromatic carbocycles. The molecule has 4 unspecified atom stereocenters. The quantitative estimate of drug-likeness (QED) is 0.227. The van der Waals surface area contributed by atoms with Crippen molar-refractivity contribution in [2.75, 3.05) is 0 Å². The summed E-state index contributed by atoms with van der Waals surface area (Å²) in [6.45, 7) is 18.8. The van der Waals surface area contributed by atoms with Crippen LogP contribution < -0.4 is 0 Å². The molecule has 0 spiro atoms. The molecule has 1 nitrogen and oxygen atoms in total. The van der Waals surface area contributed by atoms with Crippen LogP contribution in [0.25, 0.3) is 38.2 Å². The number of aromatic nitrogens is 1. The minimum atomic E-state index is 0.524. The van der Waals surface area contributed by atoms with Crippen LogP contribution in [0.5, 0.6) is 0 Å². The standard InChI is InChI=1S/C43H49N/c1-23(2)28-9-11-30-21-40-36(17-33(30)15-28)38-19-35(42-26(7)13-32(25(5)6)14-27(42)8)20-39-37-18-34-16-29(24(3)4)10-12-31(34)22-41(37)44(40)43(38)39/h9-13,15-17,19-21,23-25,31-32,34,37,41H,14,18,22H2,1-8H3/t31?,32?,34-,37?,41?/m1/s1. The summed E-state index contributed by atoms with van der Waals surface area (Å²) in [5.74, 6) is 4.30. The summed E-state index contributed by atoms with van der Waals surface area (Å²) in [4.78, 5) is 0. The molecule has 8 rings (SSSR count). The van der Waals surface area contributed by atoms with Gasteiger partial charge in [0.1, 0.15) is 0 Å². The Labute approximate surface area is 264 Å². The van der Waals surface area contributed by atoms with Crippen molar-refractivity contribution < 1.29 is 0 Å². The Balaban J connectivity index is 1.36. The van der Waals surface area contributed by atoms with E-state index in [0.717, 1.165) is 0 Å². The van der Waals surface area contributed by atoms with Gasteiger partial charge in [-0.15, -0.1) is 0 Å². The normalized spacial score (nSPS) is 26.4. The van der Waals surface area contributed by atoms with Crippen LogP contribution in [0.2, 0.25) is 0 Å². The zero-order valence-corrected chi connectivity index (χ0v) is 28.0. The molecule has 226 valence electrons. The van der Waals surface area contributed by atoms with Gasteiger partial charge in [-0.1, -0.05) is 89.6 Å². The molecule has 3 aliphatic carbocycles. The van der Waals surface area contributed by atoms with Gasteiger partial charge in [-0.05, 0) is 137 Å². The van der Waals surface area contributed by atoms with Gasteiger partial charge in [0.2, 0.25) is 0 Å². The van der Waals surface area contributed by atoms with Crippen molar-refractivity contribution in [1.82, 2.24) is 4.57 Å². The molecule has 2 heterocycles. The van der Waals surface area contributed by atoms with Crippen molar-refractivity contribution in [3.63, 3.8) is 0 Å². The third kappa shape index (κ3) is 4.18. The maximum Gasteiger partial charge on any atom is 0.0530 e. The molecule has 0 saturated heterocycles. The average Bonchev–Trinajstić information content (AvgIpc) is 3.47. The van der Waals surface area contributed by atoms with E-state index in [1.54, 1.807) is 11.1 Å². The summed E-state index contributed by atoms with van der Waals surface area (Å²) >= 11 is 0. The monoisotopic (exact) mass is 579 g/mol. The third-order valence-electron chi connectivity index (χ3n) is 11.9. The van der Waals surface area contributed by atoms with E-state index in [9.17, 15) is 0 Å². The van der Waals surface area contributed by atoms with E-state index in [4.69, 9.17) is 0 Å². The topological polar surface area (TPSA) is 4.93 Å². The maximum absolute atomic E-state index is 2.80. The van der Waals surface area contributed by atoms with Gasteiger partial charge in [0, 0.05) is 22.7 Å². The fourth-order valence-electron chi connectivity index (χ4n) is 9.46. The lowest BCUT2D eigenvalue weighted by molar-refractivity contribution is 0.234. The molecule has 44 heavy (non-hydrogen) atoms. The number of rotatable bonds is 4. The number of hydrogen-bond acceptors (Lipinski definition) is 0. The Morgan fingerprint density at radius 2 is 1.59 bits per heavy atom. The highest BCUT2D eigenvalue weighted by molar-refractivity contribution is 6.15. The van der Waals surface area contributed by atoms with E-state index in [0.29, 0.717) is 47.5 Å². The van der Waals surface area contributed by atoms with Crippen molar-refractivity contribution in [3.05, 3.63) is 100 Å². The van der Waals surface area contributed by atoms with Crippen LogP contribution in [0.4, 0.5) is 0 Å². The fourth-order valence-corrected chi connectivity index (χ4v) is 9.46. The highest BCUT2D eigenvalue weighted by atomic mass is 15.1. The zero-order chi connectivity index (χ0) is 30.6. The Bertz CT molecular complexity index is 1960. The van der Waals surface area contributed by atoms with Crippen LogP contribution in [0, 0.1) is 29.6 Å². The van der Waals surface area contributed by atoms with Gasteiger partial charge >= 0.3 is 0 Å². The second kappa shape index (κ2) is 10.1. The second-order valence-electron chi connectivity index (χ2n) is 15.7. The highest BCUT2D eigenvalue weighted by Gasteiger charge is 2.44. The maximum atomic E-state index is 2.80. The SMILES string of the molecule is CC1=CC(C(C)C)CC(C)=C1c1cc2c3c(c1)c1cc4cc(C(C)C)ccc4cc1n3C1CC3C=CC(C(C)C)=C[C@@H]3CC21. The largest absolute Gasteiger partial charge is 0.336 e. The first-order chi connectivity index (χ1) is 21.1. The van der Waals surface area contributed by atoms with Gasteiger partial charge in [0.15, 0.2) is 0 Å². The van der Waals surface area contributed by atoms with Crippen molar-refractivity contribution >= 4 is 38.2 Å². The molecule has 5 atom stereocenters. The van der Waals surface area contributed by atoms with E-state index in [-0.39, 0.29) is 0 Å². The Hall–Kier alpha value is -3.32. The molecule has 0 radical (unpaired) electrons. The fraction of sp³-hybridized carbons (Fsp3) is 0.442. The van der Waals surface area contributed by atoms with Crippen LogP contribution >= 0.6 is 0 Å². The number of allylic oxidation sites excluding steroid dienone is 8. The first-order valence-corrected chi connectivity index (χ1v) is 17.4. The summed E-state index contributed by atoms with van der Waals surface area (Å²) in [7, 11) is 0. The van der Waals surface area contributed by atoms with Gasteiger partial charge in [-0.25, -0.2) is 0 Å². The lowest BCUT2D eigenvalue weighted by atomic mass is 9.67. The molecule has 4 aromatic rings. The van der Waals surface area contributed by atoms with Crippen molar-refractivity contribution in [2.45, 2.75) is 92.5 Å². The minimum Gasteiger partial charge on any atom is -0.336 e. The predicted octanol–water partition coefficient (Wildman–Crippen LogP) is 12.3. The Kier molecular flexibility index (Phi) is 6.47. The molecule has 1 aliphatic heterocycles. The van der Waals surface area contributed by atoms with E-state index < -0.39 is 0 Å². The van der Waals surface area contributed by atoms with Gasteiger partial charge in [0.25, 0.3) is 0 Å². The van der Waals surface area contributed by atoms with E-state index in [1.807, 2.05) is 0 Å². The van der Waals surface area contributed by atoms with Crippen molar-refractivity contribution in [3.8, 4) is 0 Å². The van der Waals surface area contributed by atoms with Gasteiger partial charge in [-0.3, -0.25) is 0 Å². The van der Waals surface area contributed by atoms with Crippen LogP contribution in [0.15, 0.2) is 83.5 Å². The zero-order valence-electron chi connectivity index (χ0n) is 28.0. The predicted molar refractivity (Wildman–Crippen MR) is 190 cm³/mol. The van der Waals surface area contributed by atoms with Gasteiger partial charge in [0.05, 0.1) is 11.0 Å². The average molecular weight is 580 g/mol. The third-order valence-corrected chi connectivity index (χ3v) is 11.9. The molecule has 0 amide bonds. The minimum absolute atomic E-state index is 0.524. The number of benzene rings is 3. The highest BCUT2D eigenvalue weighted by Crippen LogP contribution is 2.57. The Morgan fingerprint density at radius 1 is 0.773 bits per heavy atom. The van der Waals surface area contributed by atoms with Crippen molar-refractivity contribution in [1.29, 1.82) is 0 Å². The van der Waals surface area contributed by atoms with Gasteiger partial charge < -0.3 is 4.57 Å². The van der Waals surface area contributed by atoms with E-state index >= 15 is 0 Å². The molecular formula is C43H49N. The van der Waals surface area contributed by atoms with Crippen LogP contribution in [0.1, 0.15) is 109 Å². The smallest absolute Gasteiger partial charge is 0.0530 e. The molecule has 1 aromatic heterocycles. The number of fused-ring (bicyclic) bond motifs is 8. The van der Waals surface area contributed by atoms with Crippen LogP contribution in [0.3, 0.4) is 0 Å². The van der Waals surface area contributed by atoms with Crippen LogP contribution in [-0.4, -0.2) is 4.57 Å². The molecule has 0 bridgehead atoms. The molecule has 1 saturated carbocycles. The lowest BCUT2D eigenvalue weighted by Gasteiger charge is -2.39.